The van der Waals surface area contributed by atoms with Crippen LogP contribution in [0, 0.1) is 5.41 Å². The lowest BCUT2D eigenvalue weighted by Crippen LogP contribution is -2.49. The molecule has 0 aromatic heterocycles. The lowest BCUT2D eigenvalue weighted by molar-refractivity contribution is -0.148. The highest BCUT2D eigenvalue weighted by Gasteiger charge is 2.47. The zero-order valence-electron chi connectivity index (χ0n) is 12.6. The first-order valence-electron chi connectivity index (χ1n) is 7.06. The van der Waals surface area contributed by atoms with Crippen LogP contribution in [0.1, 0.15) is 42.6 Å². The first-order valence-corrected chi connectivity index (χ1v) is 7.06. The smallest absolute Gasteiger partial charge is 0.313 e. The number of benzene rings is 1. The number of carbonyl (C=O) groups excluding carboxylic acids is 1. The highest BCUT2D eigenvalue weighted by Crippen LogP contribution is 2.29. The van der Waals surface area contributed by atoms with Crippen molar-refractivity contribution in [3.8, 4) is 0 Å². The molecule has 114 valence electrons. The number of nitrogens with one attached hydrogen (secondary N) is 1. The molecule has 0 radical (unpaired) electrons. The predicted molar refractivity (Wildman–Crippen MR) is 78.3 cm³/mol. The van der Waals surface area contributed by atoms with Crippen molar-refractivity contribution in [1.29, 1.82) is 0 Å². The van der Waals surface area contributed by atoms with Crippen LogP contribution in [0.5, 0.6) is 0 Å². The van der Waals surface area contributed by atoms with Crippen molar-refractivity contribution in [3.05, 3.63) is 35.4 Å². The second kappa shape index (κ2) is 5.85. The number of aliphatic carboxylic acids is 1. The lowest BCUT2D eigenvalue weighted by Gasteiger charge is -2.25. The molecule has 21 heavy (non-hydrogen) atoms. The van der Waals surface area contributed by atoms with Gasteiger partial charge in [-0.1, -0.05) is 26.0 Å². The Labute approximate surface area is 124 Å². The maximum absolute atomic E-state index is 12.2. The van der Waals surface area contributed by atoms with Crippen LogP contribution >= 0.6 is 0 Å². The number of carboxylic acid groups (broad SMARTS) is 1. The molecule has 5 heteroatoms. The van der Waals surface area contributed by atoms with E-state index in [0.717, 1.165) is 5.56 Å². The van der Waals surface area contributed by atoms with Gasteiger partial charge in [-0.25, -0.2) is 0 Å². The summed E-state index contributed by atoms with van der Waals surface area (Å²) in [6.07, 6.45) is 0. The van der Waals surface area contributed by atoms with E-state index in [-0.39, 0.29) is 19.1 Å². The Balaban J connectivity index is 2.09. The van der Waals surface area contributed by atoms with Gasteiger partial charge in [0, 0.05) is 5.56 Å². The third-order valence-corrected chi connectivity index (χ3v) is 4.09. The Morgan fingerprint density at radius 1 is 1.33 bits per heavy atom. The molecule has 1 aromatic carbocycles. The van der Waals surface area contributed by atoms with Gasteiger partial charge in [0.15, 0.2) is 0 Å². The van der Waals surface area contributed by atoms with E-state index in [0.29, 0.717) is 11.5 Å². The van der Waals surface area contributed by atoms with Crippen LogP contribution in [0.3, 0.4) is 0 Å². The van der Waals surface area contributed by atoms with Crippen molar-refractivity contribution in [2.45, 2.75) is 32.7 Å². The number of hydrogen-bond acceptors (Lipinski definition) is 3. The molecule has 2 rings (SSSR count). The van der Waals surface area contributed by atoms with Gasteiger partial charge in [-0.2, -0.15) is 0 Å². The molecule has 0 spiro atoms. The SMILES string of the molecule is CC(C)c1ccc(C(=O)NC2COCC2(C)C(=O)O)cc1. The molecule has 1 saturated heterocycles. The number of carboxylic acids is 1. The van der Waals surface area contributed by atoms with Crippen LogP contribution in [-0.4, -0.2) is 36.2 Å². The van der Waals surface area contributed by atoms with Crippen LogP contribution in [0.25, 0.3) is 0 Å². The number of carbonyl (C=O) groups is 2. The first kappa shape index (κ1) is 15.5. The van der Waals surface area contributed by atoms with E-state index in [2.05, 4.69) is 19.2 Å². The molecule has 1 aliphatic heterocycles. The highest BCUT2D eigenvalue weighted by molar-refractivity contribution is 5.95. The summed E-state index contributed by atoms with van der Waals surface area (Å²) in [5.41, 5.74) is 0.609. The van der Waals surface area contributed by atoms with E-state index >= 15 is 0 Å². The Bertz CT molecular complexity index is 538. The van der Waals surface area contributed by atoms with E-state index in [4.69, 9.17) is 4.74 Å². The standard InChI is InChI=1S/C16H21NO4/c1-10(2)11-4-6-12(7-5-11)14(18)17-13-8-21-9-16(13,3)15(19)20/h4-7,10,13H,8-9H2,1-3H3,(H,17,18)(H,19,20). The Morgan fingerprint density at radius 2 is 1.95 bits per heavy atom. The largest absolute Gasteiger partial charge is 0.481 e. The summed E-state index contributed by atoms with van der Waals surface area (Å²) in [7, 11) is 0. The molecule has 2 unspecified atom stereocenters. The Morgan fingerprint density at radius 3 is 2.48 bits per heavy atom. The van der Waals surface area contributed by atoms with Gasteiger partial charge in [-0.15, -0.1) is 0 Å². The van der Waals surface area contributed by atoms with Crippen molar-refractivity contribution in [2.24, 2.45) is 5.41 Å². The fourth-order valence-electron chi connectivity index (χ4n) is 2.35. The van der Waals surface area contributed by atoms with E-state index < -0.39 is 17.4 Å². The van der Waals surface area contributed by atoms with Crippen molar-refractivity contribution >= 4 is 11.9 Å². The number of rotatable bonds is 4. The predicted octanol–water partition coefficient (Wildman–Crippen LogP) is 2.03. The number of hydrogen-bond donors (Lipinski definition) is 2. The maximum Gasteiger partial charge on any atom is 0.313 e. The Hall–Kier alpha value is -1.88. The minimum Gasteiger partial charge on any atom is -0.481 e. The molecule has 5 nitrogen and oxygen atoms in total. The normalized spacial score (nSPS) is 25.0. The Kier molecular flexibility index (Phi) is 4.32. The van der Waals surface area contributed by atoms with E-state index in [9.17, 15) is 14.7 Å². The summed E-state index contributed by atoms with van der Waals surface area (Å²) in [6.45, 7) is 6.10. The van der Waals surface area contributed by atoms with Gasteiger partial charge in [0.25, 0.3) is 5.91 Å². The molecule has 1 amide bonds. The second-order valence-corrected chi connectivity index (χ2v) is 6.04. The van der Waals surface area contributed by atoms with Gasteiger partial charge >= 0.3 is 5.97 Å². The van der Waals surface area contributed by atoms with Gasteiger partial charge < -0.3 is 15.2 Å². The quantitative estimate of drug-likeness (QED) is 0.890. The molecule has 1 aliphatic rings. The molecular weight excluding hydrogens is 270 g/mol. The zero-order valence-corrected chi connectivity index (χ0v) is 12.6. The van der Waals surface area contributed by atoms with Crippen LogP contribution in [-0.2, 0) is 9.53 Å². The van der Waals surface area contributed by atoms with Crippen molar-refractivity contribution < 1.29 is 19.4 Å². The molecule has 0 bridgehead atoms. The highest BCUT2D eigenvalue weighted by atomic mass is 16.5. The average Bonchev–Trinajstić information content (AvgIpc) is 2.81. The molecule has 2 atom stereocenters. The minimum absolute atomic E-state index is 0.111. The summed E-state index contributed by atoms with van der Waals surface area (Å²) < 4.78 is 5.23. The molecule has 2 N–H and O–H groups in total. The fourth-order valence-corrected chi connectivity index (χ4v) is 2.35. The van der Waals surface area contributed by atoms with Crippen molar-refractivity contribution in [2.75, 3.05) is 13.2 Å². The second-order valence-electron chi connectivity index (χ2n) is 6.04. The summed E-state index contributed by atoms with van der Waals surface area (Å²) in [6, 6.07) is 6.84. The topological polar surface area (TPSA) is 75.6 Å². The number of amides is 1. The molecule has 1 aromatic rings. The van der Waals surface area contributed by atoms with Crippen LogP contribution in [0.4, 0.5) is 0 Å². The lowest BCUT2D eigenvalue weighted by atomic mass is 9.85. The van der Waals surface area contributed by atoms with Gasteiger partial charge in [0.1, 0.15) is 5.41 Å². The average molecular weight is 291 g/mol. The molecule has 0 saturated carbocycles. The van der Waals surface area contributed by atoms with Gasteiger partial charge in [-0.3, -0.25) is 9.59 Å². The van der Waals surface area contributed by atoms with E-state index in [1.54, 1.807) is 19.1 Å². The summed E-state index contributed by atoms with van der Waals surface area (Å²) >= 11 is 0. The third kappa shape index (κ3) is 3.08. The van der Waals surface area contributed by atoms with Gasteiger partial charge in [-0.05, 0) is 30.5 Å². The molecule has 1 heterocycles. The van der Waals surface area contributed by atoms with Crippen LogP contribution in [0.15, 0.2) is 24.3 Å². The van der Waals surface area contributed by atoms with Crippen LogP contribution in [0.2, 0.25) is 0 Å². The van der Waals surface area contributed by atoms with Crippen molar-refractivity contribution in [3.63, 3.8) is 0 Å². The van der Waals surface area contributed by atoms with Crippen molar-refractivity contribution in [1.82, 2.24) is 5.32 Å². The number of ether oxygens (including phenoxy) is 1. The molecular formula is C16H21NO4. The molecule has 1 fully saturated rings. The summed E-state index contributed by atoms with van der Waals surface area (Å²) in [5, 5.41) is 12.1. The van der Waals surface area contributed by atoms with Gasteiger partial charge in [0.2, 0.25) is 0 Å². The monoisotopic (exact) mass is 291 g/mol. The third-order valence-electron chi connectivity index (χ3n) is 4.09. The van der Waals surface area contributed by atoms with Crippen LogP contribution < -0.4 is 5.32 Å². The zero-order chi connectivity index (χ0) is 15.6. The first-order chi connectivity index (χ1) is 9.84. The van der Waals surface area contributed by atoms with Gasteiger partial charge in [0.05, 0.1) is 19.3 Å². The summed E-state index contributed by atoms with van der Waals surface area (Å²) in [4.78, 5) is 23.6. The maximum atomic E-state index is 12.2. The molecule has 0 aliphatic carbocycles. The fraction of sp³-hybridized carbons (Fsp3) is 0.500. The minimum atomic E-state index is -1.08. The van der Waals surface area contributed by atoms with E-state index in [1.807, 2.05) is 12.1 Å². The summed E-state index contributed by atoms with van der Waals surface area (Å²) in [5.74, 6) is -0.825. The van der Waals surface area contributed by atoms with E-state index in [1.165, 1.54) is 0 Å².